The summed E-state index contributed by atoms with van der Waals surface area (Å²) in [6, 6.07) is 2.91. The summed E-state index contributed by atoms with van der Waals surface area (Å²) in [6.45, 7) is 1.37. The average Bonchev–Trinajstić information content (AvgIpc) is 2.24. The molecule has 0 aromatic carbocycles. The van der Waals surface area contributed by atoms with Gasteiger partial charge in [-0.1, -0.05) is 0 Å². The summed E-state index contributed by atoms with van der Waals surface area (Å²) in [5.41, 5.74) is -4.12. The maximum atomic E-state index is 11.8. The lowest BCUT2D eigenvalue weighted by Crippen LogP contribution is -2.11. The lowest BCUT2D eigenvalue weighted by molar-refractivity contribution is -0.0329. The predicted octanol–water partition coefficient (Wildman–Crippen LogP) is 2.72. The maximum Gasteiger partial charge on any atom is 0.441 e. The Morgan fingerprint density at radius 3 is 2.72 bits per heavy atom. The molecule has 4 nitrogen and oxygen atoms in total. The first-order chi connectivity index (χ1) is 8.29. The molecule has 18 heavy (non-hydrogen) atoms. The van der Waals surface area contributed by atoms with Crippen molar-refractivity contribution in [3.05, 3.63) is 23.5 Å². The normalized spacial score (nSPS) is 11.3. The van der Waals surface area contributed by atoms with Crippen LogP contribution in [-0.4, -0.2) is 33.9 Å². The second kappa shape index (κ2) is 5.94. The van der Waals surface area contributed by atoms with Crippen LogP contribution < -0.4 is 4.74 Å². The summed E-state index contributed by atoms with van der Waals surface area (Å²) >= 11 is -0.223. The quantitative estimate of drug-likeness (QED) is 0.841. The van der Waals surface area contributed by atoms with Crippen molar-refractivity contribution in [1.82, 2.24) is 4.98 Å². The van der Waals surface area contributed by atoms with Gasteiger partial charge in [-0.3, -0.25) is 0 Å². The van der Waals surface area contributed by atoms with E-state index in [2.05, 4.69) is 4.98 Å². The summed E-state index contributed by atoms with van der Waals surface area (Å²) in [5.74, 6) is -1.62. The number of aryl methyl sites for hydroxylation is 1. The molecule has 1 aromatic rings. The van der Waals surface area contributed by atoms with Crippen molar-refractivity contribution in [1.29, 1.82) is 0 Å². The largest absolute Gasteiger partial charge is 0.490 e. The van der Waals surface area contributed by atoms with Crippen molar-refractivity contribution in [2.24, 2.45) is 0 Å². The van der Waals surface area contributed by atoms with Gasteiger partial charge in [0.25, 0.3) is 0 Å². The lowest BCUT2D eigenvalue weighted by atomic mass is 10.3. The number of carboxylic acids is 1. The van der Waals surface area contributed by atoms with E-state index in [0.29, 0.717) is 5.69 Å². The number of nitrogens with zero attached hydrogens (tertiary/aromatic N) is 1. The van der Waals surface area contributed by atoms with E-state index >= 15 is 0 Å². The van der Waals surface area contributed by atoms with Gasteiger partial charge in [0, 0.05) is 11.4 Å². The van der Waals surface area contributed by atoms with Crippen LogP contribution in [0.1, 0.15) is 16.2 Å². The Morgan fingerprint density at radius 2 is 2.17 bits per heavy atom. The number of halogens is 3. The molecule has 100 valence electrons. The topological polar surface area (TPSA) is 59.4 Å². The van der Waals surface area contributed by atoms with E-state index in [9.17, 15) is 18.0 Å². The maximum absolute atomic E-state index is 11.8. The molecular weight excluding hydrogens is 271 g/mol. The number of rotatable bonds is 5. The molecule has 0 radical (unpaired) electrons. The summed E-state index contributed by atoms with van der Waals surface area (Å²) in [6.07, 6.45) is 0. The SMILES string of the molecule is Cc1ccc(OCCSC(F)(F)F)c(C(=O)O)n1. The van der Waals surface area contributed by atoms with Crippen molar-refractivity contribution in [2.75, 3.05) is 12.4 Å². The highest BCUT2D eigenvalue weighted by Crippen LogP contribution is 2.29. The van der Waals surface area contributed by atoms with E-state index in [1.807, 2.05) is 0 Å². The Hall–Kier alpha value is -1.44. The van der Waals surface area contributed by atoms with Crippen LogP contribution in [-0.2, 0) is 0 Å². The smallest absolute Gasteiger partial charge is 0.441 e. The van der Waals surface area contributed by atoms with E-state index in [1.165, 1.54) is 12.1 Å². The molecule has 0 saturated heterocycles. The van der Waals surface area contributed by atoms with Crippen LogP contribution in [0.25, 0.3) is 0 Å². The number of carbonyl (C=O) groups is 1. The van der Waals surface area contributed by atoms with Crippen molar-refractivity contribution in [3.63, 3.8) is 0 Å². The van der Waals surface area contributed by atoms with Gasteiger partial charge < -0.3 is 9.84 Å². The average molecular weight is 281 g/mol. The fourth-order valence-electron chi connectivity index (χ4n) is 1.12. The van der Waals surface area contributed by atoms with E-state index < -0.39 is 11.5 Å². The summed E-state index contributed by atoms with van der Waals surface area (Å²) < 4.78 is 40.5. The van der Waals surface area contributed by atoms with Crippen LogP contribution in [0.5, 0.6) is 5.75 Å². The minimum Gasteiger partial charge on any atom is -0.490 e. The minimum absolute atomic E-state index is 0.0316. The molecule has 0 unspecified atom stereocenters. The molecule has 8 heteroatoms. The van der Waals surface area contributed by atoms with Crippen molar-refractivity contribution in [3.8, 4) is 5.75 Å². The zero-order valence-electron chi connectivity index (χ0n) is 9.32. The number of pyridine rings is 1. The Bertz CT molecular complexity index is 437. The molecule has 0 fully saturated rings. The first-order valence-electron chi connectivity index (χ1n) is 4.84. The fourth-order valence-corrected chi connectivity index (χ4v) is 1.52. The predicted molar refractivity (Wildman–Crippen MR) is 59.9 cm³/mol. The van der Waals surface area contributed by atoms with Gasteiger partial charge in [0.05, 0.1) is 6.61 Å². The zero-order valence-corrected chi connectivity index (χ0v) is 10.1. The van der Waals surface area contributed by atoms with Crippen LogP contribution in [0.2, 0.25) is 0 Å². The highest BCUT2D eigenvalue weighted by Gasteiger charge is 2.27. The van der Waals surface area contributed by atoms with Gasteiger partial charge >= 0.3 is 11.5 Å². The van der Waals surface area contributed by atoms with E-state index in [-0.39, 0.29) is 35.6 Å². The van der Waals surface area contributed by atoms with Crippen molar-refractivity contribution >= 4 is 17.7 Å². The highest BCUT2D eigenvalue weighted by atomic mass is 32.2. The Kier molecular flexibility index (Phi) is 4.83. The number of thioether (sulfide) groups is 1. The van der Waals surface area contributed by atoms with Gasteiger partial charge in [-0.2, -0.15) is 13.2 Å². The van der Waals surface area contributed by atoms with Gasteiger partial charge in [0.1, 0.15) is 0 Å². The third kappa shape index (κ3) is 4.82. The van der Waals surface area contributed by atoms with Gasteiger partial charge in [-0.05, 0) is 30.8 Å². The van der Waals surface area contributed by atoms with Crippen LogP contribution in [0.4, 0.5) is 13.2 Å². The summed E-state index contributed by atoms with van der Waals surface area (Å²) in [5, 5.41) is 8.85. The van der Waals surface area contributed by atoms with Crippen molar-refractivity contribution in [2.45, 2.75) is 12.4 Å². The fraction of sp³-hybridized carbons (Fsp3) is 0.400. The number of alkyl halides is 3. The molecule has 0 atom stereocenters. The molecule has 0 amide bonds. The third-order valence-corrected chi connectivity index (χ3v) is 2.50. The van der Waals surface area contributed by atoms with E-state index in [1.54, 1.807) is 6.92 Å². The molecule has 1 aromatic heterocycles. The molecule has 0 aliphatic rings. The highest BCUT2D eigenvalue weighted by molar-refractivity contribution is 8.00. The van der Waals surface area contributed by atoms with Crippen LogP contribution in [0.15, 0.2) is 12.1 Å². The first kappa shape index (κ1) is 14.6. The molecule has 1 N–H and O–H groups in total. The Balaban J connectivity index is 2.59. The van der Waals surface area contributed by atoms with Gasteiger partial charge in [0.2, 0.25) is 0 Å². The molecule has 0 saturated carbocycles. The molecule has 1 rings (SSSR count). The standard InChI is InChI=1S/C10H10F3NO3S/c1-6-2-3-7(8(14-6)9(15)16)17-4-5-18-10(11,12)13/h2-3H,4-5H2,1H3,(H,15,16). The van der Waals surface area contributed by atoms with Gasteiger partial charge in [-0.25, -0.2) is 9.78 Å². The monoisotopic (exact) mass is 281 g/mol. The molecule has 0 aliphatic heterocycles. The van der Waals surface area contributed by atoms with Gasteiger partial charge in [-0.15, -0.1) is 0 Å². The first-order valence-corrected chi connectivity index (χ1v) is 5.82. The number of carboxylic acid groups (broad SMARTS) is 1. The Labute approximate surface area is 105 Å². The molecular formula is C10H10F3NO3S. The summed E-state index contributed by atoms with van der Waals surface area (Å²) in [4.78, 5) is 14.6. The van der Waals surface area contributed by atoms with E-state index in [4.69, 9.17) is 9.84 Å². The third-order valence-electron chi connectivity index (χ3n) is 1.81. The van der Waals surface area contributed by atoms with Crippen molar-refractivity contribution < 1.29 is 27.8 Å². The summed E-state index contributed by atoms with van der Waals surface area (Å²) in [7, 11) is 0. The second-order valence-electron chi connectivity index (χ2n) is 3.25. The van der Waals surface area contributed by atoms with Crippen LogP contribution >= 0.6 is 11.8 Å². The van der Waals surface area contributed by atoms with E-state index in [0.717, 1.165) is 0 Å². The number of hydrogen-bond acceptors (Lipinski definition) is 4. The number of aromatic carboxylic acids is 1. The number of hydrogen-bond donors (Lipinski definition) is 1. The number of ether oxygens (including phenoxy) is 1. The minimum atomic E-state index is -4.31. The van der Waals surface area contributed by atoms with Crippen LogP contribution in [0.3, 0.4) is 0 Å². The second-order valence-corrected chi connectivity index (χ2v) is 4.41. The molecule has 1 heterocycles. The van der Waals surface area contributed by atoms with Crippen LogP contribution in [0, 0.1) is 6.92 Å². The lowest BCUT2D eigenvalue weighted by Gasteiger charge is -2.09. The molecule has 0 spiro atoms. The number of aromatic nitrogens is 1. The zero-order chi connectivity index (χ0) is 13.8. The Morgan fingerprint density at radius 1 is 1.50 bits per heavy atom. The molecule has 0 aliphatic carbocycles. The van der Waals surface area contributed by atoms with Gasteiger partial charge in [0.15, 0.2) is 11.4 Å². The molecule has 0 bridgehead atoms.